The van der Waals surface area contributed by atoms with Crippen LogP contribution in [0.4, 0.5) is 4.39 Å². The van der Waals surface area contributed by atoms with Crippen LogP contribution in [0.3, 0.4) is 0 Å². The molecule has 98 valence electrons. The third kappa shape index (κ3) is 2.80. The Kier molecular flexibility index (Phi) is 3.54. The van der Waals surface area contributed by atoms with Crippen molar-refractivity contribution in [3.05, 3.63) is 70.5 Å². The summed E-state index contributed by atoms with van der Waals surface area (Å²) in [6.07, 6.45) is 1.12. The first-order valence-electron chi connectivity index (χ1n) is 6.47. The highest BCUT2D eigenvalue weighted by Crippen LogP contribution is 2.40. The first kappa shape index (κ1) is 12.6. The zero-order valence-electron chi connectivity index (χ0n) is 10.4. The topological polar surface area (TPSA) is 12.0 Å². The van der Waals surface area contributed by atoms with Gasteiger partial charge >= 0.3 is 0 Å². The maximum Gasteiger partial charge on any atom is 0.146 e. The Hall–Kier alpha value is -1.38. The van der Waals surface area contributed by atoms with Gasteiger partial charge in [0.1, 0.15) is 5.82 Å². The van der Waals surface area contributed by atoms with E-state index in [0.29, 0.717) is 24.1 Å². The molecule has 3 rings (SSSR count). The lowest BCUT2D eigenvalue weighted by molar-refractivity contribution is 0.584. The van der Waals surface area contributed by atoms with Gasteiger partial charge in [-0.2, -0.15) is 0 Å². The highest BCUT2D eigenvalue weighted by molar-refractivity contribution is 6.30. The molecule has 1 aliphatic rings. The van der Waals surface area contributed by atoms with E-state index in [0.717, 1.165) is 6.42 Å². The van der Waals surface area contributed by atoms with E-state index < -0.39 is 0 Å². The summed E-state index contributed by atoms with van der Waals surface area (Å²) in [5.74, 6) is 0.247. The van der Waals surface area contributed by atoms with E-state index in [4.69, 9.17) is 11.6 Å². The summed E-state index contributed by atoms with van der Waals surface area (Å²) in [6, 6.07) is 16.0. The van der Waals surface area contributed by atoms with Crippen LogP contribution in [0, 0.1) is 5.82 Å². The normalized spacial score (nSPS) is 21.4. The molecule has 0 spiro atoms. The summed E-state index contributed by atoms with van der Waals surface area (Å²) in [5, 5.41) is 3.58. The number of hydrogen-bond donors (Lipinski definition) is 1. The molecule has 3 heteroatoms. The second kappa shape index (κ2) is 5.32. The molecule has 1 nitrogen and oxygen atoms in total. The van der Waals surface area contributed by atoms with Gasteiger partial charge in [0.2, 0.25) is 0 Å². The Morgan fingerprint density at radius 3 is 2.68 bits per heavy atom. The van der Waals surface area contributed by atoms with Crippen LogP contribution in [-0.4, -0.2) is 6.04 Å². The zero-order chi connectivity index (χ0) is 13.2. The largest absolute Gasteiger partial charge is 0.309 e. The molecule has 0 amide bonds. The lowest BCUT2D eigenvalue weighted by Crippen LogP contribution is -2.18. The molecule has 1 aliphatic carbocycles. The van der Waals surface area contributed by atoms with Gasteiger partial charge in [0, 0.05) is 24.1 Å². The second-order valence-electron chi connectivity index (χ2n) is 4.95. The molecular weight excluding hydrogens is 261 g/mol. The Morgan fingerprint density at radius 1 is 1.11 bits per heavy atom. The molecule has 0 radical (unpaired) electrons. The van der Waals surface area contributed by atoms with Gasteiger partial charge in [-0.15, -0.1) is 0 Å². The predicted molar refractivity (Wildman–Crippen MR) is 75.8 cm³/mol. The van der Waals surface area contributed by atoms with Gasteiger partial charge in [0.25, 0.3) is 0 Å². The van der Waals surface area contributed by atoms with Crippen LogP contribution in [0.1, 0.15) is 23.5 Å². The van der Waals surface area contributed by atoms with Crippen molar-refractivity contribution in [2.75, 3.05) is 0 Å². The molecule has 2 atom stereocenters. The number of rotatable bonds is 4. The molecule has 19 heavy (non-hydrogen) atoms. The van der Waals surface area contributed by atoms with E-state index in [9.17, 15) is 4.39 Å². The Bertz CT molecular complexity index is 570. The van der Waals surface area contributed by atoms with Crippen molar-refractivity contribution >= 4 is 11.6 Å². The van der Waals surface area contributed by atoms with Gasteiger partial charge in [-0.05, 0) is 18.1 Å². The monoisotopic (exact) mass is 275 g/mol. The standard InChI is InChI=1S/C16H15ClFN/c17-14-8-4-7-12(16(14)18)10-19-15-9-13(15)11-5-2-1-3-6-11/h1-8,13,15,19H,9-10H2. The highest BCUT2D eigenvalue weighted by atomic mass is 35.5. The molecule has 0 aromatic heterocycles. The van der Waals surface area contributed by atoms with Crippen LogP contribution in [0.2, 0.25) is 5.02 Å². The first-order chi connectivity index (χ1) is 9.25. The molecule has 0 bridgehead atoms. The fraction of sp³-hybridized carbons (Fsp3) is 0.250. The first-order valence-corrected chi connectivity index (χ1v) is 6.84. The van der Waals surface area contributed by atoms with Crippen LogP contribution in [0.15, 0.2) is 48.5 Å². The third-order valence-corrected chi connectivity index (χ3v) is 3.90. The van der Waals surface area contributed by atoms with E-state index in [1.54, 1.807) is 18.2 Å². The quantitative estimate of drug-likeness (QED) is 0.885. The Balaban J connectivity index is 1.59. The molecule has 2 unspecified atom stereocenters. The molecule has 0 heterocycles. The molecular formula is C16H15ClFN. The fourth-order valence-corrected chi connectivity index (χ4v) is 2.61. The molecule has 2 aromatic carbocycles. The van der Waals surface area contributed by atoms with E-state index in [1.165, 1.54) is 5.56 Å². The molecule has 2 aromatic rings. The van der Waals surface area contributed by atoms with Crippen LogP contribution in [0.5, 0.6) is 0 Å². The summed E-state index contributed by atoms with van der Waals surface area (Å²) in [6.45, 7) is 0.528. The molecule has 0 saturated heterocycles. The second-order valence-corrected chi connectivity index (χ2v) is 5.36. The lowest BCUT2D eigenvalue weighted by atomic mass is 10.1. The maximum atomic E-state index is 13.7. The third-order valence-electron chi connectivity index (χ3n) is 3.60. The van der Waals surface area contributed by atoms with Gasteiger partial charge in [-0.25, -0.2) is 4.39 Å². The van der Waals surface area contributed by atoms with Gasteiger partial charge in [-0.3, -0.25) is 0 Å². The van der Waals surface area contributed by atoms with E-state index >= 15 is 0 Å². The average Bonchev–Trinajstić information content (AvgIpc) is 3.21. The zero-order valence-corrected chi connectivity index (χ0v) is 11.2. The minimum Gasteiger partial charge on any atom is -0.309 e. The lowest BCUT2D eigenvalue weighted by Gasteiger charge is -2.06. The Morgan fingerprint density at radius 2 is 1.89 bits per heavy atom. The van der Waals surface area contributed by atoms with E-state index in [-0.39, 0.29) is 10.8 Å². The van der Waals surface area contributed by atoms with Crippen molar-refractivity contribution in [2.24, 2.45) is 0 Å². The van der Waals surface area contributed by atoms with Crippen molar-refractivity contribution in [3.63, 3.8) is 0 Å². The van der Waals surface area contributed by atoms with Gasteiger partial charge in [0.05, 0.1) is 5.02 Å². The fourth-order valence-electron chi connectivity index (χ4n) is 2.42. The van der Waals surface area contributed by atoms with Crippen molar-refractivity contribution < 1.29 is 4.39 Å². The van der Waals surface area contributed by atoms with Crippen molar-refractivity contribution in [1.29, 1.82) is 0 Å². The molecule has 1 saturated carbocycles. The van der Waals surface area contributed by atoms with Gasteiger partial charge in [-0.1, -0.05) is 54.1 Å². The summed E-state index contributed by atoms with van der Waals surface area (Å²) >= 11 is 5.77. The van der Waals surface area contributed by atoms with Gasteiger partial charge < -0.3 is 5.32 Å². The van der Waals surface area contributed by atoms with E-state index in [1.807, 2.05) is 6.07 Å². The highest BCUT2D eigenvalue weighted by Gasteiger charge is 2.37. The summed E-state index contributed by atoms with van der Waals surface area (Å²) in [5.41, 5.74) is 1.98. The number of halogens is 2. The summed E-state index contributed by atoms with van der Waals surface area (Å²) in [7, 11) is 0. The average molecular weight is 276 g/mol. The van der Waals surface area contributed by atoms with Crippen LogP contribution < -0.4 is 5.32 Å². The predicted octanol–water partition coefficient (Wildman–Crippen LogP) is 4.12. The van der Waals surface area contributed by atoms with Crippen LogP contribution >= 0.6 is 11.6 Å². The maximum absolute atomic E-state index is 13.7. The Labute approximate surface area is 117 Å². The summed E-state index contributed by atoms with van der Waals surface area (Å²) in [4.78, 5) is 0. The number of hydrogen-bond acceptors (Lipinski definition) is 1. The van der Waals surface area contributed by atoms with Crippen molar-refractivity contribution in [3.8, 4) is 0 Å². The van der Waals surface area contributed by atoms with Crippen molar-refractivity contribution in [1.82, 2.24) is 5.32 Å². The number of benzene rings is 2. The van der Waals surface area contributed by atoms with Crippen LogP contribution in [-0.2, 0) is 6.54 Å². The van der Waals surface area contributed by atoms with Crippen molar-refractivity contribution in [2.45, 2.75) is 24.9 Å². The van der Waals surface area contributed by atoms with Gasteiger partial charge in [0.15, 0.2) is 0 Å². The minimum absolute atomic E-state index is 0.190. The number of nitrogens with one attached hydrogen (secondary N) is 1. The van der Waals surface area contributed by atoms with E-state index in [2.05, 4.69) is 29.6 Å². The SMILES string of the molecule is Fc1c(Cl)cccc1CNC1CC1c1ccccc1. The summed E-state index contributed by atoms with van der Waals surface area (Å²) < 4.78 is 13.7. The minimum atomic E-state index is -0.312. The molecule has 1 fully saturated rings. The molecule has 1 N–H and O–H groups in total. The van der Waals surface area contributed by atoms with Crippen LogP contribution in [0.25, 0.3) is 0 Å². The smallest absolute Gasteiger partial charge is 0.146 e. The molecule has 0 aliphatic heterocycles.